The summed E-state index contributed by atoms with van der Waals surface area (Å²) in [5, 5.41) is 2.91. The van der Waals surface area contributed by atoms with Gasteiger partial charge in [-0.15, -0.1) is 0 Å². The zero-order valence-corrected chi connectivity index (χ0v) is 25.6. The maximum absolute atomic E-state index is 13.8. The lowest BCUT2D eigenvalue weighted by Crippen LogP contribution is -2.56. The van der Waals surface area contributed by atoms with Crippen LogP contribution in [0.5, 0.6) is 5.75 Å². The second kappa shape index (κ2) is 13.2. The molecule has 1 N–H and O–H groups in total. The van der Waals surface area contributed by atoms with Crippen molar-refractivity contribution in [3.8, 4) is 17.1 Å². The number of nitrogens with one attached hydrogen (secondary N) is 1. The molecular weight excluding hydrogens is 597 g/mol. The number of hydrogen-bond donors (Lipinski definition) is 2. The van der Waals surface area contributed by atoms with Gasteiger partial charge in [0.1, 0.15) is 11.4 Å². The number of fused-ring (bicyclic) bond motifs is 4. The summed E-state index contributed by atoms with van der Waals surface area (Å²) in [5.74, 6) is 0.217. The van der Waals surface area contributed by atoms with Gasteiger partial charge in [-0.3, -0.25) is 14.1 Å². The van der Waals surface area contributed by atoms with Crippen LogP contribution < -0.4 is 19.9 Å². The molecule has 5 rings (SSSR count). The number of aromatic nitrogens is 3. The van der Waals surface area contributed by atoms with E-state index in [1.54, 1.807) is 37.9 Å². The molecule has 1 saturated heterocycles. The molecular formula is C30H35F3N6O4S. The van der Waals surface area contributed by atoms with Crippen LogP contribution >= 0.6 is 12.9 Å². The number of pyridine rings is 1. The number of rotatable bonds is 10. The van der Waals surface area contributed by atoms with Crippen molar-refractivity contribution >= 4 is 36.1 Å². The van der Waals surface area contributed by atoms with Crippen molar-refractivity contribution in [3.63, 3.8) is 0 Å². The molecule has 14 heteroatoms. The molecule has 0 radical (unpaired) electrons. The van der Waals surface area contributed by atoms with Gasteiger partial charge >= 0.3 is 12.2 Å². The van der Waals surface area contributed by atoms with Crippen LogP contribution in [0.1, 0.15) is 50.8 Å². The van der Waals surface area contributed by atoms with Gasteiger partial charge in [0.15, 0.2) is 17.4 Å². The van der Waals surface area contributed by atoms with Crippen LogP contribution in [0, 0.1) is 6.92 Å². The Bertz CT molecular complexity index is 1490. The molecule has 3 aromatic rings. The number of benzene rings is 1. The van der Waals surface area contributed by atoms with Crippen molar-refractivity contribution in [1.29, 1.82) is 0 Å². The molecule has 44 heavy (non-hydrogen) atoms. The lowest BCUT2D eigenvalue weighted by Gasteiger charge is -2.46. The standard InChI is InChI=1S/C30H35F3N6O4S/c1-19-25-27(37-26(35-19)20-8-6-9-21(14-20)30(31,32)33)39(23-10-7-11-38(25)18-23)28(40)36-22-15-24(17-34-16-22)41-12-4-5-13-42-29(2,3)43-44/h6,8-9,14-17,23,44H,4-5,7,10-13,18H2,1-3H3,(H,36,40). The summed E-state index contributed by atoms with van der Waals surface area (Å²) < 4.78 is 56.6. The molecule has 2 aliphatic heterocycles. The van der Waals surface area contributed by atoms with E-state index in [1.807, 2.05) is 0 Å². The van der Waals surface area contributed by atoms with Gasteiger partial charge in [0.2, 0.25) is 0 Å². The Balaban J connectivity index is 1.33. The van der Waals surface area contributed by atoms with Crippen LogP contribution in [0.4, 0.5) is 35.2 Å². The van der Waals surface area contributed by atoms with Crippen molar-refractivity contribution in [2.75, 3.05) is 41.4 Å². The molecule has 0 saturated carbocycles. The van der Waals surface area contributed by atoms with E-state index in [4.69, 9.17) is 13.7 Å². The minimum absolute atomic E-state index is 0.121. The zero-order valence-electron chi connectivity index (χ0n) is 24.7. The number of halogens is 3. The Hall–Kier alpha value is -3.62. The fourth-order valence-corrected chi connectivity index (χ4v) is 5.40. The molecule has 1 aromatic carbocycles. The van der Waals surface area contributed by atoms with E-state index < -0.39 is 23.6 Å². The average molecular weight is 633 g/mol. The van der Waals surface area contributed by atoms with Crippen LogP contribution in [-0.4, -0.2) is 59.1 Å². The number of carbonyl (C=O) groups is 1. The highest BCUT2D eigenvalue weighted by Crippen LogP contribution is 2.41. The molecule has 1 atom stereocenters. The number of thiol groups is 1. The first-order valence-electron chi connectivity index (χ1n) is 14.4. The number of hydrogen-bond acceptors (Lipinski definition) is 9. The molecule has 4 heterocycles. The van der Waals surface area contributed by atoms with Gasteiger partial charge in [-0.05, 0) is 71.5 Å². The van der Waals surface area contributed by atoms with Gasteiger partial charge in [-0.2, -0.15) is 13.2 Å². The Morgan fingerprint density at radius 2 is 1.93 bits per heavy atom. The van der Waals surface area contributed by atoms with Crippen molar-refractivity contribution in [1.82, 2.24) is 15.0 Å². The number of amides is 2. The summed E-state index contributed by atoms with van der Waals surface area (Å²) in [6, 6.07) is 5.99. The molecule has 236 valence electrons. The predicted octanol–water partition coefficient (Wildman–Crippen LogP) is 6.66. The molecule has 2 aliphatic rings. The lowest BCUT2D eigenvalue weighted by atomic mass is 9.99. The summed E-state index contributed by atoms with van der Waals surface area (Å²) in [6.45, 7) is 7.64. The number of ether oxygens (including phenoxy) is 2. The number of alkyl halides is 3. The summed E-state index contributed by atoms with van der Waals surface area (Å²) in [5.41, 5.74) is 1.16. The van der Waals surface area contributed by atoms with E-state index in [0.717, 1.165) is 44.4 Å². The van der Waals surface area contributed by atoms with Gasteiger partial charge in [0.05, 0.1) is 48.6 Å². The quantitative estimate of drug-likeness (QED) is 0.111. The second-order valence-electron chi connectivity index (χ2n) is 11.2. The topological polar surface area (TPSA) is 102 Å². The van der Waals surface area contributed by atoms with Crippen molar-refractivity contribution in [2.45, 2.75) is 64.5 Å². The first-order chi connectivity index (χ1) is 20.9. The summed E-state index contributed by atoms with van der Waals surface area (Å²) in [6.07, 6.45) is 1.70. The fourth-order valence-electron chi connectivity index (χ4n) is 5.35. The van der Waals surface area contributed by atoms with Gasteiger partial charge in [-0.25, -0.2) is 14.8 Å². The first-order valence-corrected chi connectivity index (χ1v) is 14.8. The molecule has 0 aliphatic carbocycles. The SMILES string of the molecule is Cc1nc(-c2cccc(C(F)(F)F)c2)nc2c1N1CCCC(C1)N2C(=O)Nc1cncc(OCCCCOC(C)(C)OS)c1. The summed E-state index contributed by atoms with van der Waals surface area (Å²) >= 11 is 3.79. The number of anilines is 3. The van der Waals surface area contributed by atoms with Gasteiger partial charge in [-0.1, -0.05) is 12.1 Å². The predicted molar refractivity (Wildman–Crippen MR) is 163 cm³/mol. The highest BCUT2D eigenvalue weighted by molar-refractivity contribution is 7.75. The van der Waals surface area contributed by atoms with Crippen LogP contribution in [0.25, 0.3) is 11.4 Å². The minimum atomic E-state index is -4.51. The van der Waals surface area contributed by atoms with Gasteiger partial charge < -0.3 is 19.7 Å². The molecule has 10 nitrogen and oxygen atoms in total. The average Bonchev–Trinajstić information content (AvgIpc) is 2.98. The fraction of sp³-hybridized carbons (Fsp3) is 0.467. The van der Waals surface area contributed by atoms with E-state index in [1.165, 1.54) is 18.3 Å². The molecule has 2 aromatic heterocycles. The van der Waals surface area contributed by atoms with E-state index in [9.17, 15) is 18.0 Å². The Kier molecular flexibility index (Phi) is 9.51. The van der Waals surface area contributed by atoms with Crippen LogP contribution in [0.3, 0.4) is 0 Å². The molecule has 2 amide bonds. The number of urea groups is 1. The molecule has 1 fully saturated rings. The highest BCUT2D eigenvalue weighted by atomic mass is 32.1. The Labute approximate surface area is 259 Å². The van der Waals surface area contributed by atoms with Crippen molar-refractivity contribution in [3.05, 3.63) is 54.0 Å². The van der Waals surface area contributed by atoms with E-state index in [0.29, 0.717) is 48.4 Å². The number of carbonyl (C=O) groups excluding carboxylic acids is 1. The monoisotopic (exact) mass is 632 g/mol. The smallest absolute Gasteiger partial charge is 0.416 e. The summed E-state index contributed by atoms with van der Waals surface area (Å²) in [7, 11) is 0. The third-order valence-corrected chi connectivity index (χ3v) is 7.89. The summed E-state index contributed by atoms with van der Waals surface area (Å²) in [4.78, 5) is 31.0. The maximum Gasteiger partial charge on any atom is 0.416 e. The number of piperidine rings is 1. The Morgan fingerprint density at radius 3 is 2.70 bits per heavy atom. The molecule has 2 bridgehead atoms. The minimum Gasteiger partial charge on any atom is -0.492 e. The molecule has 1 unspecified atom stereocenters. The largest absolute Gasteiger partial charge is 0.492 e. The highest BCUT2D eigenvalue weighted by Gasteiger charge is 2.40. The number of unbranched alkanes of at least 4 members (excludes halogenated alkanes) is 1. The van der Waals surface area contributed by atoms with Crippen LogP contribution in [-0.2, 0) is 15.1 Å². The normalized spacial score (nSPS) is 16.5. The van der Waals surface area contributed by atoms with E-state index in [2.05, 4.69) is 38.1 Å². The molecule has 0 spiro atoms. The van der Waals surface area contributed by atoms with Crippen LogP contribution in [0.15, 0.2) is 42.7 Å². The lowest BCUT2D eigenvalue weighted by molar-refractivity contribution is -0.145. The first kappa shape index (κ1) is 31.8. The third kappa shape index (κ3) is 7.36. The Morgan fingerprint density at radius 1 is 1.14 bits per heavy atom. The zero-order chi connectivity index (χ0) is 31.5. The van der Waals surface area contributed by atoms with Crippen LogP contribution in [0.2, 0.25) is 0 Å². The van der Waals surface area contributed by atoms with Gasteiger partial charge in [0.25, 0.3) is 0 Å². The maximum atomic E-state index is 13.8. The van der Waals surface area contributed by atoms with Crippen molar-refractivity contribution in [2.24, 2.45) is 0 Å². The second-order valence-corrected chi connectivity index (χ2v) is 11.4. The number of aryl methyl sites for hydroxylation is 1. The van der Waals surface area contributed by atoms with Crippen molar-refractivity contribution < 1.29 is 31.6 Å². The van der Waals surface area contributed by atoms with E-state index in [-0.39, 0.29) is 17.4 Å². The third-order valence-electron chi connectivity index (χ3n) is 7.45. The van der Waals surface area contributed by atoms with Gasteiger partial charge in [0, 0.05) is 24.7 Å². The number of nitrogens with zero attached hydrogens (tertiary/aromatic N) is 5. The van der Waals surface area contributed by atoms with E-state index >= 15 is 0 Å².